The minimum Gasteiger partial charge on any atom is -0.322 e. The number of rotatable bonds is 5. The molecule has 0 saturated heterocycles. The second-order valence-corrected chi connectivity index (χ2v) is 6.79. The molecule has 27 heavy (non-hydrogen) atoms. The summed E-state index contributed by atoms with van der Waals surface area (Å²) in [5.74, 6) is -0.552. The summed E-state index contributed by atoms with van der Waals surface area (Å²) < 4.78 is 0.801. The zero-order chi connectivity index (χ0) is 19.6. The molecule has 0 fully saturated rings. The number of amides is 2. The van der Waals surface area contributed by atoms with Crippen molar-refractivity contribution in [3.63, 3.8) is 0 Å². The van der Waals surface area contributed by atoms with Crippen molar-refractivity contribution in [3.8, 4) is 0 Å². The maximum absolute atomic E-state index is 12.5. The quantitative estimate of drug-likeness (QED) is 0.507. The molecule has 8 nitrogen and oxygen atoms in total. The standard InChI is InChI=1S/C18H16N4O4S/c1-3-16(23)21-18-20-13-8-7-11(9-15(13)27-18)19-17(24)12-5-4-6-14(10(12)2)22(25)26/h4-9H,3H2,1-2H3,(H,19,24)(H,20,21,23). The maximum Gasteiger partial charge on any atom is 0.273 e. The van der Waals surface area contributed by atoms with Crippen LogP contribution in [0, 0.1) is 17.0 Å². The van der Waals surface area contributed by atoms with Gasteiger partial charge in [-0.15, -0.1) is 0 Å². The van der Waals surface area contributed by atoms with Gasteiger partial charge in [0.05, 0.1) is 15.1 Å². The number of nitrogens with zero attached hydrogens (tertiary/aromatic N) is 2. The van der Waals surface area contributed by atoms with Gasteiger partial charge in [-0.05, 0) is 31.2 Å². The molecule has 0 spiro atoms. The van der Waals surface area contributed by atoms with Crippen LogP contribution in [0.15, 0.2) is 36.4 Å². The second kappa shape index (κ2) is 7.50. The Bertz CT molecular complexity index is 1060. The fourth-order valence-corrected chi connectivity index (χ4v) is 3.45. The van der Waals surface area contributed by atoms with Gasteiger partial charge >= 0.3 is 0 Å². The van der Waals surface area contributed by atoms with Crippen molar-refractivity contribution in [1.29, 1.82) is 0 Å². The van der Waals surface area contributed by atoms with E-state index in [1.165, 1.54) is 23.5 Å². The van der Waals surface area contributed by atoms with Crippen molar-refractivity contribution < 1.29 is 14.5 Å². The first kappa shape index (κ1) is 18.5. The zero-order valence-electron chi connectivity index (χ0n) is 14.6. The predicted molar refractivity (Wildman–Crippen MR) is 104 cm³/mol. The predicted octanol–water partition coefficient (Wildman–Crippen LogP) is 4.11. The first-order chi connectivity index (χ1) is 12.9. The van der Waals surface area contributed by atoms with Crippen LogP contribution in [0.4, 0.5) is 16.5 Å². The molecule has 0 aliphatic carbocycles. The SMILES string of the molecule is CCC(=O)Nc1nc2ccc(NC(=O)c3cccc([N+](=O)[O-])c3C)cc2s1. The van der Waals surface area contributed by atoms with Crippen LogP contribution in [-0.2, 0) is 4.79 Å². The summed E-state index contributed by atoms with van der Waals surface area (Å²) in [6.07, 6.45) is 0.361. The molecule has 0 aliphatic heterocycles. The number of nitrogens with one attached hydrogen (secondary N) is 2. The number of benzene rings is 2. The van der Waals surface area contributed by atoms with E-state index in [-0.39, 0.29) is 17.2 Å². The molecule has 0 atom stereocenters. The molecule has 0 saturated carbocycles. The van der Waals surface area contributed by atoms with E-state index in [1.54, 1.807) is 38.1 Å². The lowest BCUT2D eigenvalue weighted by Crippen LogP contribution is -2.14. The first-order valence-corrected chi connectivity index (χ1v) is 8.96. The van der Waals surface area contributed by atoms with Gasteiger partial charge in [-0.3, -0.25) is 19.7 Å². The molecule has 2 N–H and O–H groups in total. The van der Waals surface area contributed by atoms with Gasteiger partial charge in [0.2, 0.25) is 5.91 Å². The Labute approximate surface area is 158 Å². The Morgan fingerprint density at radius 3 is 2.70 bits per heavy atom. The highest BCUT2D eigenvalue weighted by atomic mass is 32.1. The number of anilines is 2. The van der Waals surface area contributed by atoms with E-state index in [0.717, 1.165) is 4.70 Å². The van der Waals surface area contributed by atoms with E-state index in [1.807, 2.05) is 0 Å². The molecule has 3 rings (SSSR count). The largest absolute Gasteiger partial charge is 0.322 e. The molecular weight excluding hydrogens is 368 g/mol. The second-order valence-electron chi connectivity index (χ2n) is 5.76. The number of fused-ring (bicyclic) bond motifs is 1. The number of nitro groups is 1. The highest BCUT2D eigenvalue weighted by Gasteiger charge is 2.18. The number of carbonyl (C=O) groups is 2. The Kier molecular flexibility index (Phi) is 5.13. The van der Waals surface area contributed by atoms with Gasteiger partial charge in [-0.25, -0.2) is 4.98 Å². The molecule has 138 valence electrons. The van der Waals surface area contributed by atoms with Gasteiger partial charge in [0.1, 0.15) is 0 Å². The Hall–Kier alpha value is -3.33. The normalized spacial score (nSPS) is 10.6. The molecule has 1 aromatic heterocycles. The lowest BCUT2D eigenvalue weighted by Gasteiger charge is -2.08. The fourth-order valence-electron chi connectivity index (χ4n) is 2.53. The van der Waals surface area contributed by atoms with Crippen LogP contribution in [-0.4, -0.2) is 21.7 Å². The van der Waals surface area contributed by atoms with Crippen molar-refractivity contribution >= 4 is 49.9 Å². The molecule has 2 aromatic carbocycles. The molecular formula is C18H16N4O4S. The zero-order valence-corrected chi connectivity index (χ0v) is 15.4. The molecule has 0 radical (unpaired) electrons. The number of thiazole rings is 1. The van der Waals surface area contributed by atoms with Gasteiger partial charge in [-0.1, -0.05) is 24.3 Å². The van der Waals surface area contributed by atoms with Crippen LogP contribution in [0.3, 0.4) is 0 Å². The fraction of sp³-hybridized carbons (Fsp3) is 0.167. The number of nitro benzene ring substituents is 1. The monoisotopic (exact) mass is 384 g/mol. The van der Waals surface area contributed by atoms with Crippen LogP contribution in [0.5, 0.6) is 0 Å². The smallest absolute Gasteiger partial charge is 0.273 e. The van der Waals surface area contributed by atoms with E-state index in [4.69, 9.17) is 0 Å². The summed E-state index contributed by atoms with van der Waals surface area (Å²) in [5, 5.41) is 17.0. The topological polar surface area (TPSA) is 114 Å². The van der Waals surface area contributed by atoms with Gasteiger partial charge < -0.3 is 10.6 Å². The van der Waals surface area contributed by atoms with Crippen LogP contribution >= 0.6 is 11.3 Å². The summed E-state index contributed by atoms with van der Waals surface area (Å²) in [5.41, 5.74) is 1.69. The minimum atomic E-state index is -0.512. The van der Waals surface area contributed by atoms with Crippen LogP contribution in [0.2, 0.25) is 0 Å². The lowest BCUT2D eigenvalue weighted by molar-refractivity contribution is -0.385. The number of carbonyl (C=O) groups excluding carboxylic acids is 2. The Morgan fingerprint density at radius 1 is 1.22 bits per heavy atom. The van der Waals surface area contributed by atoms with Crippen molar-refractivity contribution in [2.24, 2.45) is 0 Å². The molecule has 9 heteroatoms. The minimum absolute atomic E-state index is 0.100. The van der Waals surface area contributed by atoms with Gasteiger partial charge in [0.15, 0.2) is 5.13 Å². The summed E-state index contributed by atoms with van der Waals surface area (Å²) in [7, 11) is 0. The number of hydrogen-bond acceptors (Lipinski definition) is 6. The summed E-state index contributed by atoms with van der Waals surface area (Å²) >= 11 is 1.30. The number of hydrogen-bond donors (Lipinski definition) is 2. The molecule has 0 unspecified atom stereocenters. The van der Waals surface area contributed by atoms with E-state index in [0.29, 0.717) is 28.3 Å². The molecule has 3 aromatic rings. The van der Waals surface area contributed by atoms with E-state index < -0.39 is 10.8 Å². The van der Waals surface area contributed by atoms with E-state index >= 15 is 0 Å². The van der Waals surface area contributed by atoms with Crippen LogP contribution in [0.1, 0.15) is 29.3 Å². The Morgan fingerprint density at radius 2 is 2.00 bits per heavy atom. The highest BCUT2D eigenvalue weighted by molar-refractivity contribution is 7.22. The van der Waals surface area contributed by atoms with Gasteiger partial charge in [-0.2, -0.15) is 0 Å². The van der Waals surface area contributed by atoms with Gasteiger partial charge in [0.25, 0.3) is 11.6 Å². The van der Waals surface area contributed by atoms with Crippen molar-refractivity contribution in [2.45, 2.75) is 20.3 Å². The third-order valence-corrected chi connectivity index (χ3v) is 4.89. The highest BCUT2D eigenvalue weighted by Crippen LogP contribution is 2.29. The first-order valence-electron chi connectivity index (χ1n) is 8.15. The van der Waals surface area contributed by atoms with Crippen molar-refractivity contribution in [3.05, 3.63) is 57.6 Å². The third kappa shape index (κ3) is 3.93. The average Bonchev–Trinajstić information content (AvgIpc) is 3.02. The number of aromatic nitrogens is 1. The summed E-state index contributed by atoms with van der Waals surface area (Å²) in [6, 6.07) is 9.57. The molecule has 0 aliphatic rings. The third-order valence-electron chi connectivity index (χ3n) is 3.96. The summed E-state index contributed by atoms with van der Waals surface area (Å²) in [6.45, 7) is 3.30. The average molecular weight is 384 g/mol. The van der Waals surface area contributed by atoms with Crippen LogP contribution in [0.25, 0.3) is 10.2 Å². The van der Waals surface area contributed by atoms with Crippen LogP contribution < -0.4 is 10.6 Å². The summed E-state index contributed by atoms with van der Waals surface area (Å²) in [4.78, 5) is 38.9. The maximum atomic E-state index is 12.5. The van der Waals surface area contributed by atoms with Crippen molar-refractivity contribution in [1.82, 2.24) is 4.98 Å². The van der Waals surface area contributed by atoms with E-state index in [2.05, 4.69) is 15.6 Å². The molecule has 1 heterocycles. The lowest BCUT2D eigenvalue weighted by atomic mass is 10.1. The van der Waals surface area contributed by atoms with Crippen molar-refractivity contribution in [2.75, 3.05) is 10.6 Å². The Balaban J connectivity index is 1.84. The molecule has 0 bridgehead atoms. The van der Waals surface area contributed by atoms with E-state index in [9.17, 15) is 19.7 Å². The molecule has 2 amide bonds. The van der Waals surface area contributed by atoms with Gasteiger partial charge in [0, 0.05) is 29.3 Å².